The number of hydrogen-bond donors (Lipinski definition) is 3. The number of nitro groups is 1. The predicted octanol–water partition coefficient (Wildman–Crippen LogP) is 2.84. The first kappa shape index (κ1) is 17.2. The van der Waals surface area contributed by atoms with Crippen molar-refractivity contribution in [1.29, 1.82) is 0 Å². The van der Waals surface area contributed by atoms with E-state index in [1.165, 1.54) is 30.3 Å². The van der Waals surface area contributed by atoms with Gasteiger partial charge in [-0.15, -0.1) is 0 Å². The van der Waals surface area contributed by atoms with Crippen molar-refractivity contribution in [3.8, 4) is 5.75 Å². The molecule has 0 saturated carbocycles. The summed E-state index contributed by atoms with van der Waals surface area (Å²) in [7, 11) is 0. The monoisotopic (exact) mass is 349 g/mol. The molecule has 0 aromatic heterocycles. The molecule has 0 atom stereocenters. The highest BCUT2D eigenvalue weighted by Gasteiger charge is 2.18. The molecule has 3 N–H and O–H groups in total. The number of aryl methyl sites for hydroxylation is 1. The van der Waals surface area contributed by atoms with Crippen molar-refractivity contribution >= 4 is 40.5 Å². The van der Waals surface area contributed by atoms with E-state index in [-0.39, 0.29) is 22.1 Å². The van der Waals surface area contributed by atoms with E-state index in [2.05, 4.69) is 10.6 Å². The third-order valence-corrected chi connectivity index (χ3v) is 3.38. The van der Waals surface area contributed by atoms with Crippen LogP contribution >= 0.6 is 11.6 Å². The van der Waals surface area contributed by atoms with Crippen LogP contribution in [0, 0.1) is 17.0 Å². The lowest BCUT2D eigenvalue weighted by Crippen LogP contribution is -2.29. The molecule has 2 rings (SSSR count). The number of carbonyl (C=O) groups is 2. The lowest BCUT2D eigenvalue weighted by Gasteiger charge is -2.09. The molecule has 2 aromatic carbocycles. The number of nitro benzene ring substituents is 1. The molecule has 124 valence electrons. The predicted molar refractivity (Wildman–Crippen MR) is 88.2 cm³/mol. The number of phenolic OH excluding ortho intramolecular Hbond substituents is 1. The zero-order valence-electron chi connectivity index (χ0n) is 12.4. The molecule has 0 unspecified atom stereocenters. The first-order chi connectivity index (χ1) is 11.3. The van der Waals surface area contributed by atoms with Crippen molar-refractivity contribution in [2.24, 2.45) is 0 Å². The first-order valence-electron chi connectivity index (χ1n) is 6.64. The van der Waals surface area contributed by atoms with E-state index in [0.29, 0.717) is 11.3 Å². The van der Waals surface area contributed by atoms with Crippen molar-refractivity contribution in [3.05, 3.63) is 57.1 Å². The largest absolute Gasteiger partial charge is 0.508 e. The fraction of sp³-hybridized carbons (Fsp3) is 0.0667. The fourth-order valence-corrected chi connectivity index (χ4v) is 2.07. The average molecular weight is 350 g/mol. The molecule has 0 bridgehead atoms. The van der Waals surface area contributed by atoms with Gasteiger partial charge >= 0.3 is 11.8 Å². The Bertz CT molecular complexity index is 838. The minimum absolute atomic E-state index is 0.0309. The highest BCUT2D eigenvalue weighted by atomic mass is 35.5. The Morgan fingerprint density at radius 1 is 1.12 bits per heavy atom. The van der Waals surface area contributed by atoms with Gasteiger partial charge in [0.25, 0.3) is 5.69 Å². The van der Waals surface area contributed by atoms with E-state index in [1.807, 2.05) is 0 Å². The third kappa shape index (κ3) is 3.99. The minimum atomic E-state index is -1.00. The number of amides is 2. The quantitative estimate of drug-likeness (QED) is 0.340. The van der Waals surface area contributed by atoms with Gasteiger partial charge in [-0.3, -0.25) is 19.7 Å². The summed E-state index contributed by atoms with van der Waals surface area (Å²) in [6.45, 7) is 1.65. The Labute approximate surface area is 141 Å². The second-order valence-electron chi connectivity index (χ2n) is 4.83. The van der Waals surface area contributed by atoms with Crippen LogP contribution in [0.15, 0.2) is 36.4 Å². The van der Waals surface area contributed by atoms with Gasteiger partial charge in [0.1, 0.15) is 10.8 Å². The van der Waals surface area contributed by atoms with Gasteiger partial charge in [-0.05, 0) is 42.8 Å². The SMILES string of the molecule is Cc1cc(O)ccc1NC(=O)C(=O)Nc1ccc(Cl)c([N+](=O)[O-])c1. The van der Waals surface area contributed by atoms with Crippen LogP contribution in [0.4, 0.5) is 17.1 Å². The minimum Gasteiger partial charge on any atom is -0.508 e. The lowest BCUT2D eigenvalue weighted by atomic mass is 10.2. The Kier molecular flexibility index (Phi) is 5.00. The van der Waals surface area contributed by atoms with Crippen molar-refractivity contribution < 1.29 is 19.6 Å². The standard InChI is InChI=1S/C15H12ClN3O5/c1-8-6-10(20)3-5-12(8)18-15(22)14(21)17-9-2-4-11(16)13(7-9)19(23)24/h2-7,20H,1H3,(H,17,21)(H,18,22). The normalized spacial score (nSPS) is 10.1. The lowest BCUT2D eigenvalue weighted by molar-refractivity contribution is -0.384. The molecule has 0 aliphatic heterocycles. The molecule has 0 radical (unpaired) electrons. The summed E-state index contributed by atoms with van der Waals surface area (Å²) in [6.07, 6.45) is 0. The van der Waals surface area contributed by atoms with Crippen LogP contribution in [0.3, 0.4) is 0 Å². The van der Waals surface area contributed by atoms with Crippen LogP contribution in [-0.2, 0) is 9.59 Å². The van der Waals surface area contributed by atoms with Crippen molar-refractivity contribution in [1.82, 2.24) is 0 Å². The Morgan fingerprint density at radius 2 is 1.79 bits per heavy atom. The number of phenols is 1. The zero-order chi connectivity index (χ0) is 17.9. The van der Waals surface area contributed by atoms with E-state index in [9.17, 15) is 24.8 Å². The molecule has 24 heavy (non-hydrogen) atoms. The summed E-state index contributed by atoms with van der Waals surface area (Å²) in [5, 5.41) is 24.7. The van der Waals surface area contributed by atoms with Gasteiger partial charge in [0.15, 0.2) is 0 Å². The summed E-state index contributed by atoms with van der Waals surface area (Å²) in [4.78, 5) is 33.9. The number of benzene rings is 2. The maximum absolute atomic E-state index is 11.9. The van der Waals surface area contributed by atoms with E-state index < -0.39 is 16.7 Å². The summed E-state index contributed by atoms with van der Waals surface area (Å²) < 4.78 is 0. The number of aromatic hydroxyl groups is 1. The zero-order valence-corrected chi connectivity index (χ0v) is 13.1. The van der Waals surface area contributed by atoms with Crippen LogP contribution in [0.1, 0.15) is 5.56 Å². The summed E-state index contributed by atoms with van der Waals surface area (Å²) in [5.74, 6) is -1.93. The molecular formula is C15H12ClN3O5. The van der Waals surface area contributed by atoms with Crippen LogP contribution in [0.5, 0.6) is 5.75 Å². The summed E-state index contributed by atoms with van der Waals surface area (Å²) in [5.41, 5.74) is 0.603. The van der Waals surface area contributed by atoms with E-state index in [0.717, 1.165) is 6.07 Å². The number of carbonyl (C=O) groups excluding carboxylic acids is 2. The molecule has 0 aliphatic rings. The van der Waals surface area contributed by atoms with Crippen LogP contribution in [-0.4, -0.2) is 21.8 Å². The van der Waals surface area contributed by atoms with E-state index >= 15 is 0 Å². The smallest absolute Gasteiger partial charge is 0.314 e. The van der Waals surface area contributed by atoms with Crippen LogP contribution in [0.25, 0.3) is 0 Å². The maximum Gasteiger partial charge on any atom is 0.314 e. The molecule has 2 amide bonds. The number of anilines is 2. The summed E-state index contributed by atoms with van der Waals surface area (Å²) in [6, 6.07) is 7.88. The molecule has 0 saturated heterocycles. The van der Waals surface area contributed by atoms with Gasteiger partial charge in [0.05, 0.1) is 4.92 Å². The molecule has 0 fully saturated rings. The molecule has 9 heteroatoms. The number of nitrogens with one attached hydrogen (secondary N) is 2. The third-order valence-electron chi connectivity index (χ3n) is 3.07. The van der Waals surface area contributed by atoms with Gasteiger partial charge < -0.3 is 15.7 Å². The number of halogens is 1. The fourth-order valence-electron chi connectivity index (χ4n) is 1.89. The molecular weight excluding hydrogens is 338 g/mol. The van der Waals surface area contributed by atoms with Gasteiger partial charge in [-0.25, -0.2) is 0 Å². The number of hydrogen-bond acceptors (Lipinski definition) is 5. The Balaban J connectivity index is 2.10. The Hall–Kier alpha value is -3.13. The van der Waals surface area contributed by atoms with Crippen LogP contribution < -0.4 is 10.6 Å². The molecule has 0 heterocycles. The topological polar surface area (TPSA) is 122 Å². The second kappa shape index (κ2) is 6.97. The van der Waals surface area contributed by atoms with Gasteiger partial charge in [0.2, 0.25) is 0 Å². The first-order valence-corrected chi connectivity index (χ1v) is 7.01. The maximum atomic E-state index is 11.9. The van der Waals surface area contributed by atoms with Gasteiger partial charge in [-0.2, -0.15) is 0 Å². The average Bonchev–Trinajstić information content (AvgIpc) is 2.51. The molecule has 2 aromatic rings. The van der Waals surface area contributed by atoms with Gasteiger partial charge in [0, 0.05) is 17.4 Å². The molecule has 0 spiro atoms. The van der Waals surface area contributed by atoms with E-state index in [1.54, 1.807) is 6.92 Å². The van der Waals surface area contributed by atoms with Crippen molar-refractivity contribution in [2.75, 3.05) is 10.6 Å². The number of nitrogens with zero attached hydrogens (tertiary/aromatic N) is 1. The highest BCUT2D eigenvalue weighted by Crippen LogP contribution is 2.27. The van der Waals surface area contributed by atoms with E-state index in [4.69, 9.17) is 11.6 Å². The number of rotatable bonds is 3. The molecule has 0 aliphatic carbocycles. The van der Waals surface area contributed by atoms with Crippen molar-refractivity contribution in [3.63, 3.8) is 0 Å². The van der Waals surface area contributed by atoms with Crippen molar-refractivity contribution in [2.45, 2.75) is 6.92 Å². The second-order valence-corrected chi connectivity index (χ2v) is 5.24. The van der Waals surface area contributed by atoms with Gasteiger partial charge in [-0.1, -0.05) is 11.6 Å². The van der Waals surface area contributed by atoms with Crippen LogP contribution in [0.2, 0.25) is 5.02 Å². The summed E-state index contributed by atoms with van der Waals surface area (Å²) >= 11 is 5.67. The Morgan fingerprint density at radius 3 is 2.42 bits per heavy atom. The molecule has 8 nitrogen and oxygen atoms in total. The highest BCUT2D eigenvalue weighted by molar-refractivity contribution is 6.43.